The van der Waals surface area contributed by atoms with E-state index in [9.17, 15) is 4.79 Å². The van der Waals surface area contributed by atoms with Gasteiger partial charge in [0.1, 0.15) is 0 Å². The third kappa shape index (κ3) is 2.93. The van der Waals surface area contributed by atoms with Gasteiger partial charge in [-0.05, 0) is 18.1 Å². The maximum absolute atomic E-state index is 11.0. The van der Waals surface area contributed by atoms with Crippen LogP contribution < -0.4 is 16.5 Å². The van der Waals surface area contributed by atoms with Crippen LogP contribution in [-0.4, -0.2) is 19.7 Å². The predicted molar refractivity (Wildman–Crippen MR) is 58.3 cm³/mol. The molecular formula is C10H15N3O2. The molecule has 1 aromatic rings. The summed E-state index contributed by atoms with van der Waals surface area (Å²) in [5.41, 5.74) is 6.95. The van der Waals surface area contributed by atoms with E-state index in [2.05, 4.69) is 4.84 Å². The summed E-state index contributed by atoms with van der Waals surface area (Å²) in [5.74, 6) is 4.96. The van der Waals surface area contributed by atoms with Gasteiger partial charge in [-0.3, -0.25) is 4.90 Å². The number of hydrogen-bond acceptors (Lipinski definition) is 3. The van der Waals surface area contributed by atoms with Crippen LogP contribution in [-0.2, 0) is 11.3 Å². The summed E-state index contributed by atoms with van der Waals surface area (Å²) in [5, 5.41) is 0. The second-order valence-corrected chi connectivity index (χ2v) is 3.15. The van der Waals surface area contributed by atoms with E-state index in [1.54, 1.807) is 7.05 Å². The average Bonchev–Trinajstić information content (AvgIpc) is 2.25. The van der Waals surface area contributed by atoms with Crippen molar-refractivity contribution in [1.29, 1.82) is 0 Å². The fraction of sp³-hybridized carbons (Fsp3) is 0.300. The number of urea groups is 1. The zero-order valence-corrected chi connectivity index (χ0v) is 8.64. The van der Waals surface area contributed by atoms with Gasteiger partial charge in [0.25, 0.3) is 0 Å². The van der Waals surface area contributed by atoms with Crippen LogP contribution in [0.5, 0.6) is 0 Å². The van der Waals surface area contributed by atoms with Gasteiger partial charge in [0.15, 0.2) is 0 Å². The average molecular weight is 209 g/mol. The first-order valence-electron chi connectivity index (χ1n) is 4.59. The van der Waals surface area contributed by atoms with E-state index in [4.69, 9.17) is 11.6 Å². The lowest BCUT2D eigenvalue weighted by Crippen LogP contribution is -2.32. The van der Waals surface area contributed by atoms with Crippen LogP contribution in [0.15, 0.2) is 24.3 Å². The van der Waals surface area contributed by atoms with E-state index in [0.29, 0.717) is 13.0 Å². The minimum Gasteiger partial charge on any atom is -0.351 e. The molecule has 0 fully saturated rings. The Bertz CT molecular complexity index is 341. The van der Waals surface area contributed by atoms with Gasteiger partial charge in [-0.25, -0.2) is 10.7 Å². The summed E-state index contributed by atoms with van der Waals surface area (Å²) in [4.78, 5) is 16.9. The van der Waals surface area contributed by atoms with E-state index in [1.165, 1.54) is 4.90 Å². The molecule has 0 saturated heterocycles. The minimum atomic E-state index is -0.490. The van der Waals surface area contributed by atoms with Gasteiger partial charge in [0, 0.05) is 12.7 Å². The molecule has 0 radical (unpaired) electrons. The lowest BCUT2D eigenvalue weighted by atomic mass is 10.1. The highest BCUT2D eigenvalue weighted by Crippen LogP contribution is 2.19. The summed E-state index contributed by atoms with van der Waals surface area (Å²) in [6.45, 7) is 0.406. The van der Waals surface area contributed by atoms with Crippen molar-refractivity contribution in [2.75, 3.05) is 18.6 Å². The highest BCUT2D eigenvalue weighted by atomic mass is 16.6. The van der Waals surface area contributed by atoms with E-state index >= 15 is 0 Å². The Hall–Kier alpha value is -1.59. The number of nitrogens with two attached hydrogens (primary N) is 2. The van der Waals surface area contributed by atoms with Crippen LogP contribution in [0.1, 0.15) is 5.56 Å². The van der Waals surface area contributed by atoms with Crippen molar-refractivity contribution in [3.63, 3.8) is 0 Å². The summed E-state index contributed by atoms with van der Waals surface area (Å²) in [6.07, 6.45) is 0.643. The number of carbonyl (C=O) groups excluding carboxylic acids is 1. The molecular weight excluding hydrogens is 194 g/mol. The third-order valence-corrected chi connectivity index (χ3v) is 2.17. The Morgan fingerprint density at radius 2 is 2.13 bits per heavy atom. The lowest BCUT2D eigenvalue weighted by Gasteiger charge is -2.18. The molecule has 2 amide bonds. The number of carbonyl (C=O) groups is 1. The zero-order chi connectivity index (χ0) is 11.3. The van der Waals surface area contributed by atoms with Crippen molar-refractivity contribution in [2.45, 2.75) is 6.42 Å². The maximum atomic E-state index is 11.0. The minimum absolute atomic E-state index is 0.406. The predicted octanol–water partition coefficient (Wildman–Crippen LogP) is 0.634. The van der Waals surface area contributed by atoms with E-state index in [-0.39, 0.29) is 0 Å². The molecule has 0 unspecified atom stereocenters. The standard InChI is InChI=1S/C10H15N3O2/c1-13(10(11)14)9-5-3-2-4-8(9)6-7-15-12/h2-5H,6-7,12H2,1H3,(H2,11,14). The van der Waals surface area contributed by atoms with Crippen molar-refractivity contribution >= 4 is 11.7 Å². The van der Waals surface area contributed by atoms with Gasteiger partial charge in [0.2, 0.25) is 0 Å². The fourth-order valence-electron chi connectivity index (χ4n) is 1.34. The number of para-hydroxylation sites is 1. The normalized spacial score (nSPS) is 10.0. The first-order valence-corrected chi connectivity index (χ1v) is 4.59. The van der Waals surface area contributed by atoms with Crippen LogP contribution in [0.3, 0.4) is 0 Å². The molecule has 0 aliphatic heterocycles. The molecule has 15 heavy (non-hydrogen) atoms. The third-order valence-electron chi connectivity index (χ3n) is 2.17. The van der Waals surface area contributed by atoms with E-state index in [1.807, 2.05) is 24.3 Å². The molecule has 0 aliphatic carbocycles. The molecule has 82 valence electrons. The molecule has 5 heteroatoms. The largest absolute Gasteiger partial charge is 0.351 e. The van der Waals surface area contributed by atoms with Crippen molar-refractivity contribution in [1.82, 2.24) is 0 Å². The second kappa shape index (κ2) is 5.33. The summed E-state index contributed by atoms with van der Waals surface area (Å²) in [6, 6.07) is 6.99. The van der Waals surface area contributed by atoms with Crippen LogP contribution in [0.2, 0.25) is 0 Å². The van der Waals surface area contributed by atoms with Gasteiger partial charge >= 0.3 is 6.03 Å². The van der Waals surface area contributed by atoms with Gasteiger partial charge < -0.3 is 10.6 Å². The summed E-state index contributed by atoms with van der Waals surface area (Å²) < 4.78 is 0. The summed E-state index contributed by atoms with van der Waals surface area (Å²) >= 11 is 0. The highest BCUT2D eigenvalue weighted by molar-refractivity contribution is 5.90. The molecule has 1 rings (SSSR count). The Morgan fingerprint density at radius 3 is 2.73 bits per heavy atom. The smallest absolute Gasteiger partial charge is 0.319 e. The number of hydrogen-bond donors (Lipinski definition) is 2. The molecule has 0 aromatic heterocycles. The molecule has 0 saturated carbocycles. The van der Waals surface area contributed by atoms with Crippen molar-refractivity contribution < 1.29 is 9.63 Å². The molecule has 5 nitrogen and oxygen atoms in total. The quantitative estimate of drug-likeness (QED) is 0.714. The number of nitrogens with zero attached hydrogens (tertiary/aromatic N) is 1. The second-order valence-electron chi connectivity index (χ2n) is 3.15. The first kappa shape index (κ1) is 11.5. The SMILES string of the molecule is CN(C(N)=O)c1ccccc1CCON. The van der Waals surface area contributed by atoms with Gasteiger partial charge in [-0.15, -0.1) is 0 Å². The Labute approximate surface area is 88.6 Å². The first-order chi connectivity index (χ1) is 7.16. The molecule has 0 heterocycles. The molecule has 0 spiro atoms. The number of primary amides is 1. The Kier molecular flexibility index (Phi) is 4.08. The van der Waals surface area contributed by atoms with Crippen LogP contribution in [0.4, 0.5) is 10.5 Å². The summed E-state index contributed by atoms with van der Waals surface area (Å²) in [7, 11) is 1.63. The van der Waals surface area contributed by atoms with Gasteiger partial charge in [-0.1, -0.05) is 18.2 Å². The molecule has 0 aliphatic rings. The fourth-order valence-corrected chi connectivity index (χ4v) is 1.34. The number of benzene rings is 1. The molecule has 4 N–H and O–H groups in total. The Morgan fingerprint density at radius 1 is 1.47 bits per heavy atom. The Balaban J connectivity index is 2.90. The van der Waals surface area contributed by atoms with E-state index < -0.39 is 6.03 Å². The van der Waals surface area contributed by atoms with Gasteiger partial charge in [0.05, 0.1) is 6.61 Å². The van der Waals surface area contributed by atoms with E-state index in [0.717, 1.165) is 11.3 Å². The van der Waals surface area contributed by atoms with Crippen LogP contribution in [0, 0.1) is 0 Å². The zero-order valence-electron chi connectivity index (χ0n) is 8.64. The van der Waals surface area contributed by atoms with Crippen LogP contribution >= 0.6 is 0 Å². The van der Waals surface area contributed by atoms with Crippen molar-refractivity contribution in [3.05, 3.63) is 29.8 Å². The monoisotopic (exact) mass is 209 g/mol. The lowest BCUT2D eigenvalue weighted by molar-refractivity contribution is 0.141. The molecule has 0 bridgehead atoms. The number of rotatable bonds is 4. The molecule has 0 atom stereocenters. The van der Waals surface area contributed by atoms with Crippen LogP contribution in [0.25, 0.3) is 0 Å². The number of amides is 2. The van der Waals surface area contributed by atoms with Crippen molar-refractivity contribution in [3.8, 4) is 0 Å². The van der Waals surface area contributed by atoms with Crippen molar-refractivity contribution in [2.24, 2.45) is 11.6 Å². The highest BCUT2D eigenvalue weighted by Gasteiger charge is 2.10. The molecule has 1 aromatic carbocycles. The van der Waals surface area contributed by atoms with Gasteiger partial charge in [-0.2, -0.15) is 0 Å². The number of anilines is 1. The topological polar surface area (TPSA) is 81.6 Å². The maximum Gasteiger partial charge on any atom is 0.319 e.